The van der Waals surface area contributed by atoms with Crippen LogP contribution < -0.4 is 5.32 Å². The molecule has 1 amide bonds. The summed E-state index contributed by atoms with van der Waals surface area (Å²) in [5.41, 5.74) is 5.21. The molecule has 1 aliphatic carbocycles. The van der Waals surface area contributed by atoms with Gasteiger partial charge in [0, 0.05) is 53.0 Å². The maximum Gasteiger partial charge on any atom is 0.273 e. The first-order chi connectivity index (χ1) is 14.6. The van der Waals surface area contributed by atoms with Crippen molar-refractivity contribution in [1.29, 1.82) is 0 Å². The quantitative estimate of drug-likeness (QED) is 0.500. The van der Waals surface area contributed by atoms with E-state index in [-0.39, 0.29) is 11.6 Å². The van der Waals surface area contributed by atoms with Crippen molar-refractivity contribution in [3.05, 3.63) is 75.2 Å². The van der Waals surface area contributed by atoms with Gasteiger partial charge in [-0.1, -0.05) is 6.07 Å². The maximum atomic E-state index is 12.6. The number of nitrogens with one attached hydrogen (secondary N) is 1. The molecule has 0 spiro atoms. The molecule has 0 atom stereocenters. The van der Waals surface area contributed by atoms with Crippen LogP contribution in [-0.4, -0.2) is 32.1 Å². The summed E-state index contributed by atoms with van der Waals surface area (Å²) in [6.45, 7) is 2.54. The lowest BCUT2D eigenvalue weighted by Gasteiger charge is -2.14. The number of fused-ring (bicyclic) bond motifs is 1. The Labute approximate surface area is 174 Å². The molecule has 3 aromatic rings. The number of nitro benzene ring substituents is 1. The highest BCUT2D eigenvalue weighted by Crippen LogP contribution is 2.31. The summed E-state index contributed by atoms with van der Waals surface area (Å²) < 4.78 is 1.99. The van der Waals surface area contributed by atoms with Crippen LogP contribution in [0.15, 0.2) is 42.7 Å². The van der Waals surface area contributed by atoms with Gasteiger partial charge in [-0.15, -0.1) is 0 Å². The standard InChI is InChI=1S/C22H23N5O3/c1-15-17(6-4-8-19(15)27(29)30)22(28)24-13-14-26-20-7-3-2-5-18(20)21(25-26)16-9-11-23-12-10-16/h4,6,8-12H,2-3,5,7,13-14H2,1H3,(H,24,28). The molecule has 8 nitrogen and oxygen atoms in total. The third-order valence-electron chi connectivity index (χ3n) is 5.57. The van der Waals surface area contributed by atoms with Crippen molar-refractivity contribution in [2.45, 2.75) is 39.2 Å². The first kappa shape index (κ1) is 19.8. The molecule has 2 aromatic heterocycles. The zero-order valence-electron chi connectivity index (χ0n) is 16.8. The molecular weight excluding hydrogens is 382 g/mol. The van der Waals surface area contributed by atoms with Crippen molar-refractivity contribution in [1.82, 2.24) is 20.1 Å². The Morgan fingerprint density at radius 1 is 1.20 bits per heavy atom. The first-order valence-corrected chi connectivity index (χ1v) is 10.1. The lowest BCUT2D eigenvalue weighted by Crippen LogP contribution is -2.28. The zero-order chi connectivity index (χ0) is 21.1. The SMILES string of the molecule is Cc1c(C(=O)NCCn2nc(-c3ccncc3)c3c2CCCC3)cccc1[N+](=O)[O-]. The molecule has 30 heavy (non-hydrogen) atoms. The predicted octanol–water partition coefficient (Wildman–Crippen LogP) is 3.47. The van der Waals surface area contributed by atoms with Gasteiger partial charge >= 0.3 is 0 Å². The summed E-state index contributed by atoms with van der Waals surface area (Å²) in [7, 11) is 0. The minimum atomic E-state index is -0.469. The summed E-state index contributed by atoms with van der Waals surface area (Å²) in [6, 6.07) is 8.48. The van der Waals surface area contributed by atoms with Gasteiger partial charge in [-0.2, -0.15) is 5.10 Å². The lowest BCUT2D eigenvalue weighted by molar-refractivity contribution is -0.385. The van der Waals surface area contributed by atoms with Crippen molar-refractivity contribution < 1.29 is 9.72 Å². The molecule has 2 heterocycles. The molecule has 1 aliphatic rings. The van der Waals surface area contributed by atoms with Crippen LogP contribution in [0.5, 0.6) is 0 Å². The lowest BCUT2D eigenvalue weighted by atomic mass is 9.94. The van der Waals surface area contributed by atoms with E-state index < -0.39 is 4.92 Å². The summed E-state index contributed by atoms with van der Waals surface area (Å²) in [5, 5.41) is 18.8. The zero-order valence-corrected chi connectivity index (χ0v) is 16.8. The second-order valence-corrected chi connectivity index (χ2v) is 7.40. The number of hydrogen-bond donors (Lipinski definition) is 1. The Morgan fingerprint density at radius 3 is 2.73 bits per heavy atom. The fourth-order valence-electron chi connectivity index (χ4n) is 4.04. The molecule has 0 unspecified atom stereocenters. The normalized spacial score (nSPS) is 13.0. The Bertz CT molecular complexity index is 1090. The van der Waals surface area contributed by atoms with Crippen LogP contribution in [0.25, 0.3) is 11.3 Å². The average molecular weight is 405 g/mol. The molecule has 0 fully saturated rings. The van der Waals surface area contributed by atoms with Crippen LogP contribution >= 0.6 is 0 Å². The minimum absolute atomic E-state index is 0.0502. The smallest absolute Gasteiger partial charge is 0.273 e. The number of carbonyl (C=O) groups excluding carboxylic acids is 1. The van der Waals surface area contributed by atoms with Crippen LogP contribution in [-0.2, 0) is 19.4 Å². The van der Waals surface area contributed by atoms with Gasteiger partial charge in [-0.05, 0) is 50.8 Å². The Balaban J connectivity index is 1.50. The second kappa shape index (κ2) is 8.44. The first-order valence-electron chi connectivity index (χ1n) is 10.1. The van der Waals surface area contributed by atoms with Gasteiger partial charge in [0.15, 0.2) is 0 Å². The van der Waals surface area contributed by atoms with E-state index >= 15 is 0 Å². The molecule has 1 aromatic carbocycles. The fourth-order valence-corrected chi connectivity index (χ4v) is 4.04. The Morgan fingerprint density at radius 2 is 1.97 bits per heavy atom. The van der Waals surface area contributed by atoms with Crippen molar-refractivity contribution in [2.24, 2.45) is 0 Å². The van der Waals surface area contributed by atoms with E-state index in [0.717, 1.165) is 36.9 Å². The monoisotopic (exact) mass is 405 g/mol. The van der Waals surface area contributed by atoms with E-state index in [1.54, 1.807) is 25.4 Å². The average Bonchev–Trinajstić information content (AvgIpc) is 3.13. The molecule has 0 saturated heterocycles. The Hall–Kier alpha value is -3.55. The number of benzene rings is 1. The van der Waals surface area contributed by atoms with E-state index in [0.29, 0.717) is 24.2 Å². The molecule has 0 bridgehead atoms. The number of rotatable bonds is 6. The van der Waals surface area contributed by atoms with Gasteiger partial charge in [-0.25, -0.2) is 0 Å². The number of aromatic nitrogens is 3. The van der Waals surface area contributed by atoms with Crippen molar-refractivity contribution in [3.8, 4) is 11.3 Å². The topological polar surface area (TPSA) is 103 Å². The molecule has 0 radical (unpaired) electrons. The predicted molar refractivity (Wildman–Crippen MR) is 112 cm³/mol. The van der Waals surface area contributed by atoms with Gasteiger partial charge in [0.1, 0.15) is 0 Å². The van der Waals surface area contributed by atoms with Crippen LogP contribution in [0, 0.1) is 17.0 Å². The second-order valence-electron chi connectivity index (χ2n) is 7.40. The summed E-state index contributed by atoms with van der Waals surface area (Å²) >= 11 is 0. The summed E-state index contributed by atoms with van der Waals surface area (Å²) in [5.74, 6) is -0.313. The van der Waals surface area contributed by atoms with E-state index in [1.165, 1.54) is 23.4 Å². The third kappa shape index (κ3) is 3.80. The van der Waals surface area contributed by atoms with Crippen LogP contribution in [0.2, 0.25) is 0 Å². The summed E-state index contributed by atoms with van der Waals surface area (Å²) in [6.07, 6.45) is 7.81. The summed E-state index contributed by atoms with van der Waals surface area (Å²) in [4.78, 5) is 27.3. The van der Waals surface area contributed by atoms with Crippen molar-refractivity contribution in [3.63, 3.8) is 0 Å². The Kier molecular flexibility index (Phi) is 5.56. The van der Waals surface area contributed by atoms with Gasteiger partial charge in [-0.3, -0.25) is 24.6 Å². The minimum Gasteiger partial charge on any atom is -0.350 e. The number of hydrogen-bond acceptors (Lipinski definition) is 5. The molecule has 1 N–H and O–H groups in total. The molecule has 154 valence electrons. The van der Waals surface area contributed by atoms with E-state index in [4.69, 9.17) is 5.10 Å². The highest BCUT2D eigenvalue weighted by atomic mass is 16.6. The molecule has 0 aliphatic heterocycles. The number of amides is 1. The fraction of sp³-hybridized carbons (Fsp3) is 0.318. The number of carbonyl (C=O) groups is 1. The highest BCUT2D eigenvalue weighted by molar-refractivity contribution is 5.96. The molecule has 0 saturated carbocycles. The third-order valence-corrected chi connectivity index (χ3v) is 5.57. The van der Waals surface area contributed by atoms with Crippen LogP contribution in [0.3, 0.4) is 0 Å². The number of nitrogens with zero attached hydrogens (tertiary/aromatic N) is 4. The number of pyridine rings is 1. The van der Waals surface area contributed by atoms with Crippen molar-refractivity contribution in [2.75, 3.05) is 6.54 Å². The molecule has 8 heteroatoms. The number of nitro groups is 1. The van der Waals surface area contributed by atoms with Crippen LogP contribution in [0.1, 0.15) is 40.0 Å². The highest BCUT2D eigenvalue weighted by Gasteiger charge is 2.22. The largest absolute Gasteiger partial charge is 0.350 e. The van der Waals surface area contributed by atoms with Gasteiger partial charge in [0.05, 0.1) is 17.2 Å². The van der Waals surface area contributed by atoms with E-state index in [1.807, 2.05) is 16.8 Å². The van der Waals surface area contributed by atoms with Gasteiger partial charge < -0.3 is 5.32 Å². The van der Waals surface area contributed by atoms with E-state index in [2.05, 4.69) is 10.3 Å². The van der Waals surface area contributed by atoms with Gasteiger partial charge in [0.2, 0.25) is 0 Å². The molecule has 4 rings (SSSR count). The maximum absolute atomic E-state index is 12.6. The van der Waals surface area contributed by atoms with Crippen LogP contribution in [0.4, 0.5) is 5.69 Å². The van der Waals surface area contributed by atoms with Gasteiger partial charge in [0.25, 0.3) is 11.6 Å². The van der Waals surface area contributed by atoms with Crippen molar-refractivity contribution >= 4 is 11.6 Å². The molecular formula is C22H23N5O3. The van der Waals surface area contributed by atoms with E-state index in [9.17, 15) is 14.9 Å².